The standard InChI is InChI=1S/C15H18N2O3/c1-2-7-17-10-12(4-6-15(17)20)16-9-11-3-5-13(18)14(19)8-11/h3-6,8,10,16,18-19H,2,7,9H2,1H3. The minimum atomic E-state index is -0.139. The Hall–Kier alpha value is -2.43. The average molecular weight is 274 g/mol. The van der Waals surface area contributed by atoms with Crippen LogP contribution in [-0.4, -0.2) is 14.8 Å². The Morgan fingerprint density at radius 2 is 1.95 bits per heavy atom. The molecular weight excluding hydrogens is 256 g/mol. The van der Waals surface area contributed by atoms with Gasteiger partial charge in [-0.1, -0.05) is 13.0 Å². The Labute approximate surface area is 117 Å². The van der Waals surface area contributed by atoms with Gasteiger partial charge in [-0.05, 0) is 30.2 Å². The van der Waals surface area contributed by atoms with Crippen molar-refractivity contribution in [3.05, 3.63) is 52.4 Å². The van der Waals surface area contributed by atoms with E-state index >= 15 is 0 Å². The fraction of sp³-hybridized carbons (Fsp3) is 0.267. The first-order valence-corrected chi connectivity index (χ1v) is 6.55. The van der Waals surface area contributed by atoms with Gasteiger partial charge in [0.1, 0.15) is 0 Å². The second kappa shape index (κ2) is 6.14. The van der Waals surface area contributed by atoms with Crippen molar-refractivity contribution in [1.29, 1.82) is 0 Å². The summed E-state index contributed by atoms with van der Waals surface area (Å²) in [6.07, 6.45) is 2.68. The lowest BCUT2D eigenvalue weighted by atomic mass is 10.2. The Morgan fingerprint density at radius 1 is 1.15 bits per heavy atom. The quantitative estimate of drug-likeness (QED) is 0.731. The van der Waals surface area contributed by atoms with Crippen LogP contribution in [0, 0.1) is 0 Å². The number of phenols is 2. The molecule has 0 fully saturated rings. The molecule has 5 heteroatoms. The second-order valence-corrected chi connectivity index (χ2v) is 4.63. The minimum Gasteiger partial charge on any atom is -0.504 e. The van der Waals surface area contributed by atoms with Gasteiger partial charge in [-0.25, -0.2) is 0 Å². The van der Waals surface area contributed by atoms with Gasteiger partial charge in [-0.15, -0.1) is 0 Å². The normalized spacial score (nSPS) is 10.4. The van der Waals surface area contributed by atoms with Gasteiger partial charge in [0.25, 0.3) is 5.56 Å². The molecule has 0 radical (unpaired) electrons. The predicted molar refractivity (Wildman–Crippen MR) is 78.1 cm³/mol. The van der Waals surface area contributed by atoms with Crippen molar-refractivity contribution in [1.82, 2.24) is 4.57 Å². The van der Waals surface area contributed by atoms with Crippen molar-refractivity contribution in [2.75, 3.05) is 5.32 Å². The SMILES string of the molecule is CCCn1cc(NCc2ccc(O)c(O)c2)ccc1=O. The monoisotopic (exact) mass is 274 g/mol. The fourth-order valence-electron chi connectivity index (χ4n) is 1.93. The number of phenolic OH excluding ortho intramolecular Hbond substituents is 2. The number of anilines is 1. The molecule has 0 amide bonds. The van der Waals surface area contributed by atoms with E-state index in [1.54, 1.807) is 22.9 Å². The van der Waals surface area contributed by atoms with Crippen molar-refractivity contribution >= 4 is 5.69 Å². The third-order valence-electron chi connectivity index (χ3n) is 2.98. The molecule has 0 atom stereocenters. The Kier molecular flexibility index (Phi) is 4.30. The van der Waals surface area contributed by atoms with Crippen molar-refractivity contribution in [3.8, 4) is 11.5 Å². The summed E-state index contributed by atoms with van der Waals surface area (Å²) in [7, 11) is 0. The fourth-order valence-corrected chi connectivity index (χ4v) is 1.93. The zero-order valence-corrected chi connectivity index (χ0v) is 11.3. The van der Waals surface area contributed by atoms with Gasteiger partial charge in [-0.2, -0.15) is 0 Å². The zero-order valence-electron chi connectivity index (χ0n) is 11.3. The van der Waals surface area contributed by atoms with Crippen LogP contribution in [0.4, 0.5) is 5.69 Å². The largest absolute Gasteiger partial charge is 0.504 e. The first kappa shape index (κ1) is 14.0. The molecule has 0 bridgehead atoms. The van der Waals surface area contributed by atoms with Crippen LogP contribution in [-0.2, 0) is 13.1 Å². The van der Waals surface area contributed by atoms with Crippen LogP contribution in [0.3, 0.4) is 0 Å². The molecule has 0 aliphatic heterocycles. The van der Waals surface area contributed by atoms with E-state index < -0.39 is 0 Å². The third-order valence-corrected chi connectivity index (χ3v) is 2.98. The van der Waals surface area contributed by atoms with Crippen molar-refractivity contribution in [2.24, 2.45) is 0 Å². The van der Waals surface area contributed by atoms with E-state index in [1.165, 1.54) is 18.2 Å². The summed E-state index contributed by atoms with van der Waals surface area (Å²) < 4.78 is 1.66. The lowest BCUT2D eigenvalue weighted by molar-refractivity contribution is 0.403. The summed E-state index contributed by atoms with van der Waals surface area (Å²) in [6.45, 7) is 3.21. The van der Waals surface area contributed by atoms with E-state index in [-0.39, 0.29) is 17.1 Å². The number of hydrogen-bond donors (Lipinski definition) is 3. The maximum atomic E-state index is 11.6. The number of rotatable bonds is 5. The molecule has 0 saturated heterocycles. The average Bonchev–Trinajstić information content (AvgIpc) is 2.43. The highest BCUT2D eigenvalue weighted by Gasteiger charge is 2.02. The van der Waals surface area contributed by atoms with Crippen molar-refractivity contribution in [2.45, 2.75) is 26.4 Å². The van der Waals surface area contributed by atoms with E-state index in [2.05, 4.69) is 5.32 Å². The summed E-state index contributed by atoms with van der Waals surface area (Å²) in [6, 6.07) is 7.94. The second-order valence-electron chi connectivity index (χ2n) is 4.63. The van der Waals surface area contributed by atoms with Crippen LogP contribution < -0.4 is 10.9 Å². The minimum absolute atomic E-state index is 0.0142. The van der Waals surface area contributed by atoms with E-state index in [1.807, 2.05) is 6.92 Å². The Balaban J connectivity index is 2.08. The van der Waals surface area contributed by atoms with Crippen LogP contribution in [0.15, 0.2) is 41.3 Å². The molecule has 0 aliphatic rings. The number of aromatic hydroxyl groups is 2. The summed E-state index contributed by atoms with van der Waals surface area (Å²) in [5.74, 6) is -0.273. The van der Waals surface area contributed by atoms with Gasteiger partial charge < -0.3 is 20.1 Å². The molecule has 0 spiro atoms. The van der Waals surface area contributed by atoms with Crippen molar-refractivity contribution in [3.63, 3.8) is 0 Å². The van der Waals surface area contributed by atoms with Crippen LogP contribution in [0.5, 0.6) is 11.5 Å². The van der Waals surface area contributed by atoms with Crippen LogP contribution >= 0.6 is 0 Å². The molecular formula is C15H18N2O3. The Bertz CT molecular complexity index is 650. The number of aromatic nitrogens is 1. The smallest absolute Gasteiger partial charge is 0.250 e. The number of pyridine rings is 1. The number of nitrogens with one attached hydrogen (secondary N) is 1. The highest BCUT2D eigenvalue weighted by molar-refractivity contribution is 5.44. The third kappa shape index (κ3) is 3.32. The summed E-state index contributed by atoms with van der Waals surface area (Å²) >= 11 is 0. The van der Waals surface area contributed by atoms with Crippen LogP contribution in [0.25, 0.3) is 0 Å². The van der Waals surface area contributed by atoms with Gasteiger partial charge in [0, 0.05) is 25.4 Å². The zero-order chi connectivity index (χ0) is 14.5. The highest BCUT2D eigenvalue weighted by atomic mass is 16.3. The predicted octanol–water partition coefficient (Wildman–Crippen LogP) is 2.28. The Morgan fingerprint density at radius 3 is 2.65 bits per heavy atom. The first-order chi connectivity index (χ1) is 9.60. The van der Waals surface area contributed by atoms with Gasteiger partial charge in [0.2, 0.25) is 0 Å². The van der Waals surface area contributed by atoms with Crippen molar-refractivity contribution < 1.29 is 10.2 Å². The number of hydrogen-bond acceptors (Lipinski definition) is 4. The molecule has 1 aromatic carbocycles. The maximum absolute atomic E-state index is 11.6. The lowest BCUT2D eigenvalue weighted by Gasteiger charge is -2.10. The van der Waals surface area contributed by atoms with Gasteiger partial charge in [0.05, 0.1) is 5.69 Å². The molecule has 3 N–H and O–H groups in total. The highest BCUT2D eigenvalue weighted by Crippen LogP contribution is 2.25. The number of nitrogens with zero attached hydrogens (tertiary/aromatic N) is 1. The van der Waals surface area contributed by atoms with E-state index in [4.69, 9.17) is 0 Å². The number of benzene rings is 1. The van der Waals surface area contributed by atoms with Gasteiger partial charge in [0.15, 0.2) is 11.5 Å². The molecule has 106 valence electrons. The molecule has 5 nitrogen and oxygen atoms in total. The lowest BCUT2D eigenvalue weighted by Crippen LogP contribution is -2.18. The molecule has 0 saturated carbocycles. The molecule has 1 heterocycles. The summed E-state index contributed by atoms with van der Waals surface area (Å²) in [5, 5.41) is 21.9. The van der Waals surface area contributed by atoms with E-state index in [0.29, 0.717) is 13.1 Å². The molecule has 1 aromatic heterocycles. The molecule has 2 aromatic rings. The molecule has 0 aliphatic carbocycles. The van der Waals surface area contributed by atoms with Gasteiger partial charge in [-0.3, -0.25) is 4.79 Å². The number of aryl methyl sites for hydroxylation is 1. The first-order valence-electron chi connectivity index (χ1n) is 6.55. The molecule has 0 unspecified atom stereocenters. The van der Waals surface area contributed by atoms with Gasteiger partial charge >= 0.3 is 0 Å². The van der Waals surface area contributed by atoms with Crippen LogP contribution in [0.1, 0.15) is 18.9 Å². The topological polar surface area (TPSA) is 74.5 Å². The summed E-state index contributed by atoms with van der Waals surface area (Å²) in [4.78, 5) is 11.6. The molecule has 2 rings (SSSR count). The van der Waals surface area contributed by atoms with E-state index in [9.17, 15) is 15.0 Å². The summed E-state index contributed by atoms with van der Waals surface area (Å²) in [5.41, 5.74) is 1.67. The van der Waals surface area contributed by atoms with Crippen LogP contribution in [0.2, 0.25) is 0 Å². The molecule has 20 heavy (non-hydrogen) atoms. The van der Waals surface area contributed by atoms with E-state index in [0.717, 1.165) is 17.7 Å². The maximum Gasteiger partial charge on any atom is 0.250 e.